The highest BCUT2D eigenvalue weighted by Gasteiger charge is 2.34. The molecule has 0 aromatic carbocycles. The predicted octanol–water partition coefficient (Wildman–Crippen LogP) is 18.4. The molecule has 0 bridgehead atoms. The standard InChI is InChI=1S/C41H87NO9Si4.C27H47NO7.C8H22OSi2/c1-12-15-18-19-20-21-22-23-24-25-39(43)42-38(41(45)49-31-29-47-33-37-55(10,11)51-53(6,7)35-17-14-3)26-27-40(44)48-30-28-46-32-36-54(8,9)50-52(4,5)34-16-13-2;1-4-7-8-9-10-11-12-13-14-15-25(29)28-24(27(31)35-23-21-33-19-6-3)16-17-26(30)34-22-20-32-18-5-2;1-6-7-8-11(4,5)9-10(2)3/h38H,12-37H2,1-11H3,(H,42,43);5-6,24H,2-4,7-23H2,1H3,(H,28,29);10H,6-8H2,1-5H3. The van der Waals surface area contributed by atoms with Gasteiger partial charge in [-0.25, -0.2) is 9.59 Å². The van der Waals surface area contributed by atoms with Gasteiger partial charge < -0.3 is 60.9 Å². The Kier molecular flexibility index (Phi) is 67.7. The molecule has 2 N–H and O–H groups in total. The number of unbranched alkanes of at least 4 members (excludes halogenated alkanes) is 19. The molecule has 0 heterocycles. The minimum Gasteiger partial charge on any atom is -0.463 e. The van der Waals surface area contributed by atoms with E-state index in [-0.39, 0.29) is 83.7 Å². The minimum absolute atomic E-state index is 0.0164. The number of ether oxygens (including phenoxy) is 8. The molecule has 0 rings (SSSR count). The van der Waals surface area contributed by atoms with E-state index in [1.165, 1.54) is 134 Å². The molecule has 0 spiro atoms. The number of hydrogen-bond acceptors (Lipinski definition) is 17. The number of amides is 2. The van der Waals surface area contributed by atoms with Crippen molar-refractivity contribution < 1.29 is 79.0 Å². The van der Waals surface area contributed by atoms with Crippen molar-refractivity contribution in [2.75, 3.05) is 79.3 Å². The molecule has 0 fully saturated rings. The number of carbonyl (C=O) groups excluding carboxylic acids is 6. The smallest absolute Gasteiger partial charge is 0.328 e. The van der Waals surface area contributed by atoms with Gasteiger partial charge in [0.2, 0.25) is 11.8 Å². The molecular weight excluding hydrogens is 1380 g/mol. The second-order valence-corrected chi connectivity index (χ2v) is 55.0. The Hall–Kier alpha value is -2.68. The lowest BCUT2D eigenvalue weighted by Crippen LogP contribution is -2.44. The fourth-order valence-electron chi connectivity index (χ4n) is 11.3. The molecule has 0 aliphatic heterocycles. The first-order valence-electron chi connectivity index (χ1n) is 39.7. The molecule has 0 aromatic heterocycles. The van der Waals surface area contributed by atoms with Crippen LogP contribution in [0.1, 0.15) is 227 Å². The summed E-state index contributed by atoms with van der Waals surface area (Å²) in [6.07, 6.45) is 32.3. The maximum atomic E-state index is 13.1. The van der Waals surface area contributed by atoms with Crippen molar-refractivity contribution in [1.82, 2.24) is 10.6 Å². The van der Waals surface area contributed by atoms with Gasteiger partial charge in [0.15, 0.2) is 50.6 Å². The van der Waals surface area contributed by atoms with Gasteiger partial charge in [-0.2, -0.15) is 0 Å². The molecule has 0 saturated heterocycles. The summed E-state index contributed by atoms with van der Waals surface area (Å²) < 4.78 is 62.5. The summed E-state index contributed by atoms with van der Waals surface area (Å²) in [6.45, 7) is 48.9. The number of rotatable bonds is 67. The van der Waals surface area contributed by atoms with Crippen LogP contribution in [-0.4, -0.2) is 178 Å². The zero-order valence-electron chi connectivity index (χ0n) is 68.0. The van der Waals surface area contributed by atoms with Gasteiger partial charge in [-0.15, -0.1) is 13.2 Å². The van der Waals surface area contributed by atoms with Gasteiger partial charge in [0.05, 0.1) is 39.6 Å². The Balaban J connectivity index is -0.00000176. The SMILES string of the molecule is C=CCOCCOC(=O)CCC(NC(=O)CCCCCCCCCCC)C(=O)OCCOCC=C.CCCCCCCCCCCC(=O)NC(CCC(=O)OCCOCC[Si](C)(C)O[Si](C)(C)CCCC)C(=O)OCCOCC[Si](C)(C)O[Si](C)(C)CCCC.CCCC[Si](C)(C)O[SiH](C)C. The first kappa shape index (κ1) is 102. The average Bonchev–Trinajstić information content (AvgIpc) is 0.887. The van der Waals surface area contributed by atoms with Crippen LogP contribution >= 0.6 is 0 Å². The lowest BCUT2D eigenvalue weighted by Gasteiger charge is -2.34. The molecule has 0 saturated carbocycles. The molecular formula is C76H156N2O17Si6. The molecule has 0 aliphatic rings. The van der Waals surface area contributed by atoms with Crippen molar-refractivity contribution in [3.8, 4) is 0 Å². The van der Waals surface area contributed by atoms with Crippen molar-refractivity contribution in [3.05, 3.63) is 25.3 Å². The van der Waals surface area contributed by atoms with Gasteiger partial charge in [-0.1, -0.05) is 188 Å². The maximum absolute atomic E-state index is 13.1. The van der Waals surface area contributed by atoms with E-state index in [0.717, 1.165) is 50.6 Å². The highest BCUT2D eigenvalue weighted by Crippen LogP contribution is 2.25. The van der Waals surface area contributed by atoms with Gasteiger partial charge in [0.1, 0.15) is 38.5 Å². The lowest BCUT2D eigenvalue weighted by molar-refractivity contribution is -0.151. The molecule has 2 atom stereocenters. The number of nitrogens with one attached hydrogen (secondary N) is 2. The predicted molar refractivity (Wildman–Crippen MR) is 432 cm³/mol. The Labute approximate surface area is 625 Å². The molecule has 2 unspecified atom stereocenters. The average molecular weight is 1540 g/mol. The van der Waals surface area contributed by atoms with Crippen LogP contribution < -0.4 is 10.6 Å². The molecule has 2 amide bonds. The van der Waals surface area contributed by atoms with Gasteiger partial charge in [0, 0.05) is 38.9 Å². The molecule has 19 nitrogen and oxygen atoms in total. The molecule has 0 aromatic rings. The zero-order chi connectivity index (χ0) is 76.5. The first-order chi connectivity index (χ1) is 47.9. The zero-order valence-corrected chi connectivity index (χ0v) is 74.1. The van der Waals surface area contributed by atoms with E-state index >= 15 is 0 Å². The summed E-state index contributed by atoms with van der Waals surface area (Å²) in [5, 5.41) is 5.55. The van der Waals surface area contributed by atoms with E-state index in [4.69, 9.17) is 50.2 Å². The summed E-state index contributed by atoms with van der Waals surface area (Å²) in [5.74, 6) is -2.47. The van der Waals surface area contributed by atoms with Crippen LogP contribution in [-0.2, 0) is 79.0 Å². The van der Waals surface area contributed by atoms with Crippen molar-refractivity contribution >= 4 is 86.3 Å². The maximum Gasteiger partial charge on any atom is 0.328 e. The van der Waals surface area contributed by atoms with E-state index in [1.54, 1.807) is 12.2 Å². The second-order valence-electron chi connectivity index (χ2n) is 30.2. The fourth-order valence-corrected chi connectivity index (χ4v) is 35.4. The van der Waals surface area contributed by atoms with Crippen molar-refractivity contribution in [1.29, 1.82) is 0 Å². The van der Waals surface area contributed by atoms with Crippen molar-refractivity contribution in [2.45, 2.75) is 348 Å². The van der Waals surface area contributed by atoms with Crippen LogP contribution in [0, 0.1) is 0 Å². The summed E-state index contributed by atoms with van der Waals surface area (Å²) in [7, 11) is -9.05. The third-order valence-corrected chi connectivity index (χ3v) is 37.4. The van der Waals surface area contributed by atoms with Crippen LogP contribution in [0.25, 0.3) is 0 Å². The summed E-state index contributed by atoms with van der Waals surface area (Å²) >= 11 is 0. The first-order valence-corrected chi connectivity index (χ1v) is 58.1. The topological polar surface area (TPSA) is 228 Å². The van der Waals surface area contributed by atoms with Gasteiger partial charge in [0.25, 0.3) is 0 Å². The Morgan fingerprint density at radius 2 is 0.634 bits per heavy atom. The third-order valence-electron chi connectivity index (χ3n) is 16.7. The molecule has 101 heavy (non-hydrogen) atoms. The summed E-state index contributed by atoms with van der Waals surface area (Å²) in [6, 6.07) is 3.63. The van der Waals surface area contributed by atoms with E-state index < -0.39 is 86.6 Å². The monoisotopic (exact) mass is 1540 g/mol. The summed E-state index contributed by atoms with van der Waals surface area (Å²) in [5.41, 5.74) is 0. The Morgan fingerprint density at radius 3 is 0.950 bits per heavy atom. The number of esters is 4. The minimum atomic E-state index is -1.86. The van der Waals surface area contributed by atoms with E-state index in [0.29, 0.717) is 45.9 Å². The quantitative estimate of drug-likeness (QED) is 0.0190. The molecule has 0 aliphatic carbocycles. The van der Waals surface area contributed by atoms with Gasteiger partial charge >= 0.3 is 23.9 Å². The van der Waals surface area contributed by atoms with Gasteiger partial charge in [-0.3, -0.25) is 19.2 Å². The third kappa shape index (κ3) is 71.4. The van der Waals surface area contributed by atoms with E-state index in [9.17, 15) is 28.8 Å². The highest BCUT2D eigenvalue weighted by molar-refractivity contribution is 6.85. The second kappa shape index (κ2) is 66.7. The molecule has 0 radical (unpaired) electrons. The lowest BCUT2D eigenvalue weighted by atomic mass is 10.1. The van der Waals surface area contributed by atoms with Crippen LogP contribution in [0.5, 0.6) is 0 Å². The van der Waals surface area contributed by atoms with Crippen molar-refractivity contribution in [3.63, 3.8) is 0 Å². The van der Waals surface area contributed by atoms with Crippen LogP contribution in [0.15, 0.2) is 25.3 Å². The fraction of sp³-hybridized carbons (Fsp3) is 0.868. The Bertz CT molecular complexity index is 2070. The summed E-state index contributed by atoms with van der Waals surface area (Å²) in [4.78, 5) is 75.5. The molecule has 25 heteroatoms. The largest absolute Gasteiger partial charge is 0.463 e. The Morgan fingerprint density at radius 1 is 0.347 bits per heavy atom. The number of hydrogen-bond donors (Lipinski definition) is 2. The highest BCUT2D eigenvalue weighted by atomic mass is 28.4. The normalized spacial score (nSPS) is 12.5. The van der Waals surface area contributed by atoms with E-state index in [1.807, 2.05) is 0 Å². The van der Waals surface area contributed by atoms with Crippen LogP contribution in [0.4, 0.5) is 0 Å². The molecule has 596 valence electrons. The van der Waals surface area contributed by atoms with Crippen LogP contribution in [0.3, 0.4) is 0 Å². The van der Waals surface area contributed by atoms with Crippen LogP contribution in [0.2, 0.25) is 109 Å². The number of carbonyl (C=O) groups is 6. The van der Waals surface area contributed by atoms with Gasteiger partial charge in [-0.05, 0) is 134 Å². The van der Waals surface area contributed by atoms with E-state index in [2.05, 4.69) is 137 Å². The van der Waals surface area contributed by atoms with Crippen molar-refractivity contribution in [2.24, 2.45) is 0 Å².